The van der Waals surface area contributed by atoms with E-state index in [4.69, 9.17) is 9.47 Å². The molecule has 0 radical (unpaired) electrons. The van der Waals surface area contributed by atoms with E-state index < -0.39 is 0 Å². The van der Waals surface area contributed by atoms with Gasteiger partial charge in [-0.15, -0.1) is 0 Å². The third-order valence-corrected chi connectivity index (χ3v) is 4.84. The summed E-state index contributed by atoms with van der Waals surface area (Å²) < 4.78 is 11.8. The number of nitrogens with zero attached hydrogens (tertiary/aromatic N) is 1. The van der Waals surface area contributed by atoms with Gasteiger partial charge in [-0.3, -0.25) is 9.79 Å². The molecule has 1 amide bonds. The van der Waals surface area contributed by atoms with Gasteiger partial charge >= 0.3 is 0 Å². The Morgan fingerprint density at radius 1 is 1.20 bits per heavy atom. The SMILES string of the molecule is CN=C(NCCOc1ccc2c(c1)CCC(=O)N2)NCC(C)Oc1ccccc1C. The maximum absolute atomic E-state index is 11.4. The number of hydrogen-bond acceptors (Lipinski definition) is 4. The van der Waals surface area contributed by atoms with Gasteiger partial charge in [0, 0.05) is 19.2 Å². The number of aliphatic imine (C=N–C) groups is 1. The molecule has 2 aromatic rings. The molecule has 160 valence electrons. The molecule has 1 aliphatic heterocycles. The maximum Gasteiger partial charge on any atom is 0.224 e. The van der Waals surface area contributed by atoms with Crippen LogP contribution in [0.2, 0.25) is 0 Å². The molecule has 0 spiro atoms. The lowest BCUT2D eigenvalue weighted by molar-refractivity contribution is -0.116. The number of benzene rings is 2. The molecule has 7 nitrogen and oxygen atoms in total. The lowest BCUT2D eigenvalue weighted by Gasteiger charge is -2.19. The van der Waals surface area contributed by atoms with Gasteiger partial charge < -0.3 is 25.4 Å². The normalized spacial score (nSPS) is 14.4. The number of fused-ring (bicyclic) bond motifs is 1. The van der Waals surface area contributed by atoms with Crippen molar-refractivity contribution in [2.45, 2.75) is 32.8 Å². The monoisotopic (exact) mass is 410 g/mol. The highest BCUT2D eigenvalue weighted by atomic mass is 16.5. The van der Waals surface area contributed by atoms with Crippen LogP contribution >= 0.6 is 0 Å². The first kappa shape index (κ1) is 21.5. The number of hydrogen-bond donors (Lipinski definition) is 3. The molecule has 3 N–H and O–H groups in total. The Labute approximate surface area is 177 Å². The minimum atomic E-state index is -0.00288. The van der Waals surface area contributed by atoms with Crippen LogP contribution in [0.5, 0.6) is 11.5 Å². The van der Waals surface area contributed by atoms with E-state index in [-0.39, 0.29) is 12.0 Å². The van der Waals surface area contributed by atoms with Crippen molar-refractivity contribution in [3.63, 3.8) is 0 Å². The minimum absolute atomic E-state index is 0.00288. The van der Waals surface area contributed by atoms with Crippen LogP contribution in [0, 0.1) is 6.92 Å². The lowest BCUT2D eigenvalue weighted by atomic mass is 10.0. The number of aryl methyl sites for hydroxylation is 2. The van der Waals surface area contributed by atoms with Gasteiger partial charge in [0.25, 0.3) is 0 Å². The first-order valence-electron chi connectivity index (χ1n) is 10.3. The number of carbonyl (C=O) groups is 1. The second kappa shape index (κ2) is 10.5. The summed E-state index contributed by atoms with van der Waals surface area (Å²) in [5.41, 5.74) is 3.11. The molecule has 1 heterocycles. The van der Waals surface area contributed by atoms with Crippen molar-refractivity contribution >= 4 is 17.6 Å². The van der Waals surface area contributed by atoms with E-state index in [1.54, 1.807) is 7.05 Å². The average Bonchev–Trinajstić information content (AvgIpc) is 2.75. The Bertz CT molecular complexity index is 898. The molecule has 1 atom stereocenters. The molecule has 1 unspecified atom stereocenters. The van der Waals surface area contributed by atoms with Gasteiger partial charge in [-0.1, -0.05) is 18.2 Å². The molecule has 3 rings (SSSR count). The third kappa shape index (κ3) is 6.14. The van der Waals surface area contributed by atoms with E-state index in [2.05, 4.69) is 20.9 Å². The summed E-state index contributed by atoms with van der Waals surface area (Å²) in [7, 11) is 1.74. The second-order valence-corrected chi connectivity index (χ2v) is 7.29. The van der Waals surface area contributed by atoms with Crippen molar-refractivity contribution in [3.05, 3.63) is 53.6 Å². The molecule has 0 saturated carbocycles. The molecule has 2 aromatic carbocycles. The predicted molar refractivity (Wildman–Crippen MR) is 120 cm³/mol. The van der Waals surface area contributed by atoms with Crippen LogP contribution in [0.4, 0.5) is 5.69 Å². The highest BCUT2D eigenvalue weighted by Gasteiger charge is 2.15. The lowest BCUT2D eigenvalue weighted by Crippen LogP contribution is -2.43. The smallest absolute Gasteiger partial charge is 0.224 e. The van der Waals surface area contributed by atoms with Crippen LogP contribution in [-0.2, 0) is 11.2 Å². The Hall–Kier alpha value is -3.22. The quantitative estimate of drug-likeness (QED) is 0.354. The molecular weight excluding hydrogens is 380 g/mol. The Morgan fingerprint density at radius 3 is 2.83 bits per heavy atom. The van der Waals surface area contributed by atoms with E-state index in [0.717, 1.165) is 34.7 Å². The fourth-order valence-corrected chi connectivity index (χ4v) is 3.20. The fraction of sp³-hybridized carbons (Fsp3) is 0.391. The first-order valence-corrected chi connectivity index (χ1v) is 10.3. The van der Waals surface area contributed by atoms with Crippen molar-refractivity contribution in [2.75, 3.05) is 32.1 Å². The maximum atomic E-state index is 11.4. The van der Waals surface area contributed by atoms with Crippen LogP contribution in [-0.4, -0.2) is 44.7 Å². The van der Waals surface area contributed by atoms with Crippen molar-refractivity contribution in [1.82, 2.24) is 10.6 Å². The summed E-state index contributed by atoms with van der Waals surface area (Å²) in [6, 6.07) is 13.8. The zero-order chi connectivity index (χ0) is 21.3. The fourth-order valence-electron chi connectivity index (χ4n) is 3.20. The summed E-state index contributed by atoms with van der Waals surface area (Å²) >= 11 is 0. The summed E-state index contributed by atoms with van der Waals surface area (Å²) in [5.74, 6) is 2.47. The molecule has 0 saturated heterocycles. The molecule has 0 bridgehead atoms. The number of guanidine groups is 1. The van der Waals surface area contributed by atoms with Gasteiger partial charge in [0.1, 0.15) is 24.2 Å². The van der Waals surface area contributed by atoms with E-state index in [1.165, 1.54) is 0 Å². The Balaban J connectivity index is 1.37. The third-order valence-electron chi connectivity index (χ3n) is 4.84. The molecule has 1 aliphatic rings. The minimum Gasteiger partial charge on any atom is -0.492 e. The Kier molecular flexibility index (Phi) is 7.54. The zero-order valence-corrected chi connectivity index (χ0v) is 17.8. The molecule has 0 aliphatic carbocycles. The number of ether oxygens (including phenoxy) is 2. The van der Waals surface area contributed by atoms with Crippen molar-refractivity contribution in [2.24, 2.45) is 4.99 Å². The predicted octanol–water partition coefficient (Wildman–Crippen LogP) is 2.89. The topological polar surface area (TPSA) is 84.0 Å². The second-order valence-electron chi connectivity index (χ2n) is 7.29. The highest BCUT2D eigenvalue weighted by Crippen LogP contribution is 2.26. The van der Waals surface area contributed by atoms with Crippen LogP contribution in [0.3, 0.4) is 0 Å². The average molecular weight is 411 g/mol. The highest BCUT2D eigenvalue weighted by molar-refractivity contribution is 5.94. The summed E-state index contributed by atoms with van der Waals surface area (Å²) in [6.07, 6.45) is 1.26. The van der Waals surface area contributed by atoms with Gasteiger partial charge in [-0.25, -0.2) is 0 Å². The molecule has 0 fully saturated rings. The van der Waals surface area contributed by atoms with Crippen LogP contribution in [0.1, 0.15) is 24.5 Å². The molecular formula is C23H30N4O3. The van der Waals surface area contributed by atoms with Crippen LogP contribution < -0.4 is 25.4 Å². The summed E-state index contributed by atoms with van der Waals surface area (Å²) in [5, 5.41) is 9.39. The summed E-state index contributed by atoms with van der Waals surface area (Å²) in [4.78, 5) is 15.7. The zero-order valence-electron chi connectivity index (χ0n) is 17.8. The van der Waals surface area contributed by atoms with Gasteiger partial charge in [-0.2, -0.15) is 0 Å². The van der Waals surface area contributed by atoms with E-state index in [9.17, 15) is 4.79 Å². The van der Waals surface area contributed by atoms with Crippen molar-refractivity contribution < 1.29 is 14.3 Å². The standard InChI is InChI=1S/C23H30N4O3/c1-16-6-4-5-7-21(16)30-17(2)15-26-23(24-3)25-12-13-29-19-9-10-20-18(14-19)8-11-22(28)27-20/h4-7,9-10,14,17H,8,11-13,15H2,1-3H3,(H,27,28)(H2,24,25,26). The Morgan fingerprint density at radius 2 is 2.03 bits per heavy atom. The molecule has 30 heavy (non-hydrogen) atoms. The van der Waals surface area contributed by atoms with Crippen molar-refractivity contribution in [1.29, 1.82) is 0 Å². The van der Waals surface area contributed by atoms with Crippen LogP contribution in [0.15, 0.2) is 47.5 Å². The number of rotatable bonds is 8. The number of carbonyl (C=O) groups excluding carboxylic acids is 1. The molecule has 0 aromatic heterocycles. The number of amides is 1. The largest absolute Gasteiger partial charge is 0.492 e. The van der Waals surface area contributed by atoms with Gasteiger partial charge in [0.05, 0.1) is 13.1 Å². The van der Waals surface area contributed by atoms with Crippen molar-refractivity contribution in [3.8, 4) is 11.5 Å². The number of anilines is 1. The van der Waals surface area contributed by atoms with E-state index >= 15 is 0 Å². The summed E-state index contributed by atoms with van der Waals surface area (Å²) in [6.45, 7) is 5.80. The van der Waals surface area contributed by atoms with Gasteiger partial charge in [0.2, 0.25) is 5.91 Å². The van der Waals surface area contributed by atoms with E-state index in [1.807, 2.05) is 56.3 Å². The van der Waals surface area contributed by atoms with Gasteiger partial charge in [-0.05, 0) is 55.7 Å². The number of nitrogens with one attached hydrogen (secondary N) is 3. The van der Waals surface area contributed by atoms with Gasteiger partial charge in [0.15, 0.2) is 5.96 Å². The molecule has 7 heteroatoms. The van der Waals surface area contributed by atoms with E-state index in [0.29, 0.717) is 32.1 Å². The number of para-hydroxylation sites is 1. The first-order chi connectivity index (χ1) is 14.5. The van der Waals surface area contributed by atoms with Crippen LogP contribution in [0.25, 0.3) is 0 Å².